The number of carbonyl (C=O) groups excluding carboxylic acids is 1. The molecule has 3 nitrogen and oxygen atoms in total. The van der Waals surface area contributed by atoms with Crippen LogP contribution in [0.5, 0.6) is 0 Å². The Kier molecular flexibility index (Phi) is 7.96. The van der Waals surface area contributed by atoms with Crippen LogP contribution in [0.1, 0.15) is 6.92 Å². The standard InChI is InChI=1S/C9H18NO2.ClH/c1-5-9(11)12-8-7-10(3,4)6-2;/h5H,1,6-8H2,2-4H3;1H/q+1;/p-1. The van der Waals surface area contributed by atoms with Crippen LogP contribution >= 0.6 is 0 Å². The average Bonchev–Trinajstić information content (AvgIpc) is 2.04. The number of nitrogens with zero attached hydrogens (tertiary/aromatic N) is 1. The van der Waals surface area contributed by atoms with Crippen molar-refractivity contribution in [2.75, 3.05) is 33.8 Å². The molecule has 4 heteroatoms. The Hall–Kier alpha value is -0.540. The molecule has 0 atom stereocenters. The van der Waals surface area contributed by atoms with E-state index in [2.05, 4.69) is 27.6 Å². The largest absolute Gasteiger partial charge is 1.00 e. The zero-order chi connectivity index (χ0) is 9.61. The average molecular weight is 208 g/mol. The summed E-state index contributed by atoms with van der Waals surface area (Å²) >= 11 is 0. The topological polar surface area (TPSA) is 26.3 Å². The Morgan fingerprint density at radius 1 is 1.54 bits per heavy atom. The Morgan fingerprint density at radius 3 is 2.46 bits per heavy atom. The van der Waals surface area contributed by atoms with Gasteiger partial charge >= 0.3 is 5.97 Å². The highest BCUT2D eigenvalue weighted by atomic mass is 35.5. The lowest BCUT2D eigenvalue weighted by Crippen LogP contribution is -3.00. The van der Waals surface area contributed by atoms with E-state index in [9.17, 15) is 4.79 Å². The minimum atomic E-state index is -0.342. The molecule has 0 radical (unpaired) electrons. The second-order valence-corrected chi connectivity index (χ2v) is 3.35. The summed E-state index contributed by atoms with van der Waals surface area (Å²) in [6.07, 6.45) is 1.19. The number of rotatable bonds is 5. The van der Waals surface area contributed by atoms with Gasteiger partial charge in [-0.15, -0.1) is 0 Å². The highest BCUT2D eigenvalue weighted by molar-refractivity contribution is 5.81. The molecule has 0 unspecified atom stereocenters. The monoisotopic (exact) mass is 207 g/mol. The first-order chi connectivity index (χ1) is 5.52. The first-order valence-corrected chi connectivity index (χ1v) is 4.13. The molecule has 0 aromatic heterocycles. The maximum atomic E-state index is 10.6. The van der Waals surface area contributed by atoms with Crippen molar-refractivity contribution in [3.63, 3.8) is 0 Å². The van der Waals surface area contributed by atoms with Crippen LogP contribution in [0.25, 0.3) is 0 Å². The van der Waals surface area contributed by atoms with Gasteiger partial charge in [-0.05, 0) is 6.92 Å². The van der Waals surface area contributed by atoms with Crippen LogP contribution < -0.4 is 12.4 Å². The number of likely N-dealkylation sites (N-methyl/N-ethyl adjacent to an activating group) is 1. The van der Waals surface area contributed by atoms with Crippen molar-refractivity contribution in [3.05, 3.63) is 12.7 Å². The molecule has 0 amide bonds. The van der Waals surface area contributed by atoms with E-state index in [1.54, 1.807) is 0 Å². The molecule has 0 aromatic carbocycles. The van der Waals surface area contributed by atoms with Crippen molar-refractivity contribution in [2.45, 2.75) is 6.92 Å². The normalized spacial score (nSPS) is 10.1. The summed E-state index contributed by atoms with van der Waals surface area (Å²) in [5.41, 5.74) is 0. The third-order valence-corrected chi connectivity index (χ3v) is 1.96. The Labute approximate surface area is 86.4 Å². The van der Waals surface area contributed by atoms with Crippen LogP contribution in [0.3, 0.4) is 0 Å². The summed E-state index contributed by atoms with van der Waals surface area (Å²) in [5, 5.41) is 0. The lowest BCUT2D eigenvalue weighted by molar-refractivity contribution is -0.888. The van der Waals surface area contributed by atoms with Crippen molar-refractivity contribution >= 4 is 5.97 Å². The summed E-state index contributed by atoms with van der Waals surface area (Å²) in [7, 11) is 4.20. The Bertz CT molecular complexity index is 169. The van der Waals surface area contributed by atoms with E-state index in [4.69, 9.17) is 4.74 Å². The van der Waals surface area contributed by atoms with Crippen molar-refractivity contribution in [1.82, 2.24) is 0 Å². The second-order valence-electron chi connectivity index (χ2n) is 3.35. The number of halogens is 1. The molecular formula is C9H18ClNO2. The third-order valence-electron chi connectivity index (χ3n) is 1.96. The van der Waals surface area contributed by atoms with E-state index < -0.39 is 0 Å². The fraction of sp³-hybridized carbons (Fsp3) is 0.667. The van der Waals surface area contributed by atoms with Gasteiger partial charge in [0.2, 0.25) is 0 Å². The van der Waals surface area contributed by atoms with Crippen LogP contribution in [0.15, 0.2) is 12.7 Å². The molecule has 0 heterocycles. The molecule has 0 N–H and O–H groups in total. The van der Waals surface area contributed by atoms with E-state index >= 15 is 0 Å². The van der Waals surface area contributed by atoms with E-state index in [1.165, 1.54) is 6.08 Å². The molecule has 0 rings (SSSR count). The van der Waals surface area contributed by atoms with Gasteiger partial charge in [0.15, 0.2) is 0 Å². The molecular weight excluding hydrogens is 190 g/mol. The van der Waals surface area contributed by atoms with Gasteiger partial charge in [-0.2, -0.15) is 0 Å². The van der Waals surface area contributed by atoms with Crippen LogP contribution in [0.4, 0.5) is 0 Å². The molecule has 0 aliphatic rings. The third kappa shape index (κ3) is 7.81. The van der Waals surface area contributed by atoms with E-state index in [-0.39, 0.29) is 18.4 Å². The van der Waals surface area contributed by atoms with E-state index in [0.717, 1.165) is 17.6 Å². The fourth-order valence-electron chi connectivity index (χ4n) is 0.610. The van der Waals surface area contributed by atoms with Crippen LogP contribution in [-0.4, -0.2) is 44.2 Å². The number of carbonyl (C=O) groups is 1. The molecule has 0 saturated heterocycles. The van der Waals surface area contributed by atoms with Gasteiger partial charge < -0.3 is 21.6 Å². The van der Waals surface area contributed by atoms with Crippen molar-refractivity contribution in [2.24, 2.45) is 0 Å². The molecule has 13 heavy (non-hydrogen) atoms. The van der Waals surface area contributed by atoms with E-state index in [0.29, 0.717) is 6.61 Å². The minimum Gasteiger partial charge on any atom is -1.00 e. The lowest BCUT2D eigenvalue weighted by atomic mass is 10.4. The SMILES string of the molecule is C=CC(=O)OCC[N+](C)(C)CC.[Cl-]. The molecule has 0 saturated carbocycles. The number of hydrogen-bond acceptors (Lipinski definition) is 2. The van der Waals surface area contributed by atoms with Crippen molar-refractivity contribution < 1.29 is 26.4 Å². The van der Waals surface area contributed by atoms with Crippen molar-refractivity contribution in [1.29, 1.82) is 0 Å². The summed E-state index contributed by atoms with van der Waals surface area (Å²) < 4.78 is 5.72. The maximum absolute atomic E-state index is 10.6. The first-order valence-electron chi connectivity index (χ1n) is 4.13. The predicted octanol–water partition coefficient (Wildman–Crippen LogP) is -2.18. The van der Waals surface area contributed by atoms with Gasteiger partial charge in [0.05, 0.1) is 20.6 Å². The highest BCUT2D eigenvalue weighted by Gasteiger charge is 2.11. The molecule has 0 aliphatic heterocycles. The summed E-state index contributed by atoms with van der Waals surface area (Å²) in [6.45, 7) is 7.76. The zero-order valence-corrected chi connectivity index (χ0v) is 9.30. The predicted molar refractivity (Wildman–Crippen MR) is 48.7 cm³/mol. The van der Waals surface area contributed by atoms with Gasteiger partial charge in [0.25, 0.3) is 0 Å². The van der Waals surface area contributed by atoms with Crippen LogP contribution in [0, 0.1) is 0 Å². The number of esters is 1. The molecule has 0 fully saturated rings. The molecule has 0 aromatic rings. The van der Waals surface area contributed by atoms with Gasteiger partial charge in [-0.1, -0.05) is 6.58 Å². The van der Waals surface area contributed by atoms with E-state index in [1.807, 2.05) is 0 Å². The van der Waals surface area contributed by atoms with Crippen LogP contribution in [-0.2, 0) is 9.53 Å². The number of quaternary nitrogens is 1. The smallest absolute Gasteiger partial charge is 0.330 e. The van der Waals surface area contributed by atoms with Crippen molar-refractivity contribution in [3.8, 4) is 0 Å². The number of hydrogen-bond donors (Lipinski definition) is 0. The highest BCUT2D eigenvalue weighted by Crippen LogP contribution is 1.95. The molecule has 0 aliphatic carbocycles. The summed E-state index contributed by atoms with van der Waals surface area (Å²) in [6, 6.07) is 0. The van der Waals surface area contributed by atoms with Gasteiger partial charge in [-0.3, -0.25) is 0 Å². The summed E-state index contributed by atoms with van der Waals surface area (Å²) in [5.74, 6) is -0.342. The maximum Gasteiger partial charge on any atom is 0.330 e. The quantitative estimate of drug-likeness (QED) is 0.291. The second kappa shape index (κ2) is 6.92. The molecule has 0 spiro atoms. The molecule has 0 bridgehead atoms. The Morgan fingerprint density at radius 2 is 2.08 bits per heavy atom. The van der Waals surface area contributed by atoms with Gasteiger partial charge in [0, 0.05) is 6.08 Å². The Balaban J connectivity index is 0. The molecule has 78 valence electrons. The minimum absolute atomic E-state index is 0. The first kappa shape index (κ1) is 15.0. The fourth-order valence-corrected chi connectivity index (χ4v) is 0.610. The zero-order valence-electron chi connectivity index (χ0n) is 8.55. The number of ether oxygens (including phenoxy) is 1. The van der Waals surface area contributed by atoms with Crippen LogP contribution in [0.2, 0.25) is 0 Å². The lowest BCUT2D eigenvalue weighted by Gasteiger charge is -2.27. The van der Waals surface area contributed by atoms with Gasteiger partial charge in [-0.25, -0.2) is 4.79 Å². The summed E-state index contributed by atoms with van der Waals surface area (Å²) in [4.78, 5) is 10.6. The van der Waals surface area contributed by atoms with Gasteiger partial charge in [0.1, 0.15) is 13.2 Å².